The minimum absolute atomic E-state index is 0.0190. The summed E-state index contributed by atoms with van der Waals surface area (Å²) in [5, 5.41) is 12.9. The number of ether oxygens (including phenoxy) is 4. The highest BCUT2D eigenvalue weighted by Gasteiger charge is 2.48. The van der Waals surface area contributed by atoms with E-state index in [1.165, 1.54) is 113 Å². The zero-order valence-electron chi connectivity index (χ0n) is 87.6. The number of unbranched alkanes of at least 4 members (excludes halogenated alkanes) is 2. The van der Waals surface area contributed by atoms with Gasteiger partial charge in [0.05, 0.1) is 37.3 Å². The van der Waals surface area contributed by atoms with Gasteiger partial charge in [0.2, 0.25) is 5.91 Å². The highest BCUT2D eigenvalue weighted by molar-refractivity contribution is 5.89. The van der Waals surface area contributed by atoms with E-state index in [0.29, 0.717) is 84.5 Å². The zero-order chi connectivity index (χ0) is 106. The molecule has 8 aromatic carbocycles. The number of aromatic amines is 4. The Labute approximate surface area is 859 Å². The minimum atomic E-state index is -1.93. The van der Waals surface area contributed by atoms with Crippen LogP contribution in [0.2, 0.25) is 0 Å². The number of aromatic nitrogens is 4. The van der Waals surface area contributed by atoms with E-state index < -0.39 is 106 Å². The summed E-state index contributed by atoms with van der Waals surface area (Å²) in [6, 6.07) is 30.4. The molecule has 8 aliphatic heterocycles. The lowest BCUT2D eigenvalue weighted by Crippen LogP contribution is -2.53. The van der Waals surface area contributed by atoms with Crippen molar-refractivity contribution in [1.29, 1.82) is 0 Å². The number of hydrogen-bond donors (Lipinski definition) is 5. The number of likely N-dealkylation sites (tertiary alicyclic amines) is 4. The van der Waals surface area contributed by atoms with E-state index in [9.17, 15) is 27.5 Å². The highest BCUT2D eigenvalue weighted by Crippen LogP contribution is 2.51. The standard InChI is InChI=1S/2C29H35F4N3O.C29H36F3N3O2.C29H36F2N4O2/c1-5-6-10-35-14-19(15-35)37-18-12-22(31)26(23(32)13-18)28-27-20(11-17(2)36(28)16-29(3,4)33)25-21(30)8-7-9-24(25)34-27;1-5-6-9-35-14-20(15-35)37-19-12-23(31)26(24(32)13-19)28-27-22(10-17(2)36(28)16-29(3,4)33)21-8-7-18(30)11-25(21)34-27;1-4-19-14-34(15-19)9-10-37-20-12-23(30)26(24(31)13-20)28-27-22(21-7-5-6-8-25(21)33-27)11-18(2)35(28)16-29(3,32)17-36;1-5-19-15-34(16-19)10-11-37-20-13-23(30)27(24(31)14-20)29-28-22(21-8-6-7-9-25(21)32-28)12-18(2)35(29)17-26(36)33(3)4/h7-9,12-13,17,19,28,34H,5-6,10-11,14-16H2,1-4H3;7-8,11-13,17,20,28,34H,5-6,9-10,14-16H2,1-4H3;5-8,12-13,18-19,28,33,36H,4,9-11,14-17H2,1-3H3;6-9,13-14,18-19,29,32H,5,10-12,15-17H2,1-4H3/t2*17-,28-;18-,28-,29?;18-,29-/m0011/s1. The first kappa shape index (κ1) is 109. The van der Waals surface area contributed by atoms with Crippen LogP contribution in [0.3, 0.4) is 0 Å². The normalized spacial score (nSPS) is 21.4. The number of amides is 1. The third kappa shape index (κ3) is 23.8. The number of aliphatic hydroxyl groups is 1. The molecule has 1 amide bonds. The largest absolute Gasteiger partial charge is 0.492 e. The van der Waals surface area contributed by atoms with Crippen molar-refractivity contribution in [3.05, 3.63) is 259 Å². The molecule has 0 saturated carbocycles. The molecule has 12 aromatic rings. The summed E-state index contributed by atoms with van der Waals surface area (Å²) in [4.78, 5) is 43.7. The van der Waals surface area contributed by atoms with Crippen LogP contribution in [0.1, 0.15) is 220 Å². The number of halogens is 13. The maximum atomic E-state index is 15.7. The maximum Gasteiger partial charge on any atom is 0.236 e. The van der Waals surface area contributed by atoms with Gasteiger partial charge in [-0.1, -0.05) is 95.8 Å². The number of hydrogen-bond acceptors (Lipinski definition) is 14. The number of carbonyl (C=O) groups excluding carboxylic acids is 1. The third-order valence-corrected chi connectivity index (χ3v) is 30.9. The van der Waals surface area contributed by atoms with Gasteiger partial charge in [-0.2, -0.15) is 0 Å². The van der Waals surface area contributed by atoms with Crippen LogP contribution < -0.4 is 18.9 Å². The third-order valence-electron chi connectivity index (χ3n) is 30.9. The molecule has 0 aliphatic carbocycles. The molecule has 12 heterocycles. The van der Waals surface area contributed by atoms with Crippen LogP contribution in [0, 0.1) is 70.0 Å². The van der Waals surface area contributed by atoms with Gasteiger partial charge in [-0.3, -0.25) is 44.0 Å². The topological polar surface area (TPSA) is 167 Å². The fourth-order valence-corrected chi connectivity index (χ4v) is 23.1. The number of alkyl halides is 3. The Morgan fingerprint density at radius 1 is 0.392 bits per heavy atom. The van der Waals surface area contributed by atoms with E-state index in [1.54, 1.807) is 47.0 Å². The van der Waals surface area contributed by atoms with Crippen molar-refractivity contribution >= 4 is 49.5 Å². The lowest BCUT2D eigenvalue weighted by Gasteiger charge is -2.43. The van der Waals surface area contributed by atoms with Gasteiger partial charge in [0.25, 0.3) is 0 Å². The summed E-state index contributed by atoms with van der Waals surface area (Å²) in [6.07, 6.45) is 8.82. The number of H-pyrrole nitrogens is 4. The van der Waals surface area contributed by atoms with Crippen LogP contribution in [0.15, 0.2) is 133 Å². The quantitative estimate of drug-likeness (QED) is 0.0247. The summed E-state index contributed by atoms with van der Waals surface area (Å²) in [6.45, 7) is 33.9. The smallest absolute Gasteiger partial charge is 0.236 e. The van der Waals surface area contributed by atoms with E-state index in [1.807, 2.05) is 81.1 Å². The molecular weight excluding hydrogens is 1920 g/mol. The second-order valence-corrected chi connectivity index (χ2v) is 44.0. The summed E-state index contributed by atoms with van der Waals surface area (Å²) in [7, 11) is 3.38. The first-order valence-corrected chi connectivity index (χ1v) is 52.7. The van der Waals surface area contributed by atoms with Gasteiger partial charge in [-0.05, 0) is 190 Å². The Balaban J connectivity index is 0.000000135. The van der Waals surface area contributed by atoms with Crippen LogP contribution >= 0.6 is 0 Å². The fourth-order valence-electron chi connectivity index (χ4n) is 23.1. The molecular formula is C116H142F13N13O6. The molecule has 0 bridgehead atoms. The van der Waals surface area contributed by atoms with Crippen molar-refractivity contribution in [1.82, 2.24) is 64.0 Å². The summed E-state index contributed by atoms with van der Waals surface area (Å²) < 4.78 is 223. The lowest BCUT2D eigenvalue weighted by molar-refractivity contribution is -0.131. The van der Waals surface area contributed by atoms with Gasteiger partial charge in [-0.25, -0.2) is 57.1 Å². The molecule has 32 heteroatoms. The number of nitrogens with one attached hydrogen (secondary N) is 4. The first-order chi connectivity index (χ1) is 70.5. The van der Waals surface area contributed by atoms with Crippen molar-refractivity contribution in [2.75, 3.05) is 139 Å². The molecule has 8 aliphatic rings. The molecule has 0 spiro atoms. The van der Waals surface area contributed by atoms with Crippen LogP contribution in [0.5, 0.6) is 23.0 Å². The lowest BCUT2D eigenvalue weighted by atomic mass is 9.87. The highest BCUT2D eigenvalue weighted by atomic mass is 19.2. The van der Waals surface area contributed by atoms with Crippen LogP contribution in [0.4, 0.5) is 57.1 Å². The van der Waals surface area contributed by atoms with Gasteiger partial charge >= 0.3 is 0 Å². The van der Waals surface area contributed by atoms with Gasteiger partial charge in [0.15, 0.2) is 0 Å². The van der Waals surface area contributed by atoms with Crippen LogP contribution in [0.25, 0.3) is 43.6 Å². The molecule has 1 unspecified atom stereocenters. The van der Waals surface area contributed by atoms with E-state index in [-0.39, 0.29) is 114 Å². The molecule has 4 saturated heterocycles. The number of fused-ring (bicyclic) bond motifs is 12. The second-order valence-electron chi connectivity index (χ2n) is 44.0. The number of nitrogens with zero attached hydrogens (tertiary/aromatic N) is 9. The van der Waals surface area contributed by atoms with Gasteiger partial charge in [0.1, 0.15) is 124 Å². The molecule has 20 rings (SSSR count). The van der Waals surface area contributed by atoms with E-state index in [4.69, 9.17) is 18.9 Å². The Kier molecular flexibility index (Phi) is 33.3. The van der Waals surface area contributed by atoms with Gasteiger partial charge in [0, 0.05) is 261 Å². The zero-order valence-corrected chi connectivity index (χ0v) is 87.6. The molecule has 4 aromatic heterocycles. The first-order valence-electron chi connectivity index (χ1n) is 52.7. The number of benzene rings is 8. The predicted octanol–water partition coefficient (Wildman–Crippen LogP) is 22.9. The van der Waals surface area contributed by atoms with Crippen molar-refractivity contribution in [3.8, 4) is 23.0 Å². The predicted molar refractivity (Wildman–Crippen MR) is 554 cm³/mol. The monoisotopic (exact) mass is 2060 g/mol. The van der Waals surface area contributed by atoms with Crippen LogP contribution in [-0.4, -0.2) is 267 Å². The second kappa shape index (κ2) is 45.5. The summed E-state index contributed by atoms with van der Waals surface area (Å²) in [5.74, 6) is -4.64. The van der Waals surface area contributed by atoms with Crippen molar-refractivity contribution < 1.29 is 85.9 Å². The molecule has 4 fully saturated rings. The molecule has 5 N–H and O–H groups in total. The molecule has 9 atom stereocenters. The van der Waals surface area contributed by atoms with Crippen LogP contribution in [-0.2, 0) is 30.5 Å². The van der Waals surface area contributed by atoms with Gasteiger partial charge < -0.3 is 48.9 Å². The van der Waals surface area contributed by atoms with Crippen molar-refractivity contribution in [2.45, 2.75) is 232 Å². The minimum Gasteiger partial charge on any atom is -0.492 e. The molecule has 798 valence electrons. The molecule has 19 nitrogen and oxygen atoms in total. The Morgan fingerprint density at radius 3 is 1.11 bits per heavy atom. The SMILES string of the molecule is CCC1CN(CCOc2cc(F)c([C@@H]3c4[nH]c5ccccc5c4C[C@@H](C)N3CC(=O)N(C)C)c(F)c2)C1.CCC1CN(CCOc2cc(F)c([C@@H]3c4[nH]c5ccccc5c4C[C@@H](C)N3CC(C)(F)CO)c(F)c2)C1.CCCCN1CC(Oc2cc(F)c([C@H]3c4[nH]c5cc(F)ccc5c4C[C@H](C)N3CC(C)(C)F)c(F)c2)C1.CCCCN1CC(Oc2cc(F)c([C@H]3c4[nH]c5cccc(F)c5c4C[C@H](C)N3CC(C)(C)F)c(F)c2)C1. The number of para-hydroxylation sites is 2. The van der Waals surface area contributed by atoms with Crippen molar-refractivity contribution in [3.63, 3.8) is 0 Å². The van der Waals surface area contributed by atoms with Crippen molar-refractivity contribution in [2.24, 2.45) is 11.8 Å². The summed E-state index contributed by atoms with van der Waals surface area (Å²) in [5.41, 5.74) is 3.26. The number of likely N-dealkylation sites (N-methyl/N-ethyl adjacent to an activating group) is 1. The molecule has 148 heavy (non-hydrogen) atoms. The fraction of sp³-hybridized carbons (Fsp3) is 0.509. The Morgan fingerprint density at radius 2 is 0.730 bits per heavy atom. The number of aliphatic hydroxyl groups excluding tert-OH is 1. The average molecular weight is 2060 g/mol. The number of rotatable bonds is 33. The van der Waals surface area contributed by atoms with E-state index >= 15 is 39.5 Å². The Hall–Kier alpha value is -10.7. The molecule has 0 radical (unpaired) electrons. The average Bonchev–Trinajstić information content (AvgIpc) is 1.57. The summed E-state index contributed by atoms with van der Waals surface area (Å²) >= 11 is 0. The maximum absolute atomic E-state index is 15.7. The van der Waals surface area contributed by atoms with Gasteiger partial charge in [-0.15, -0.1) is 0 Å². The van der Waals surface area contributed by atoms with E-state index in [2.05, 4.69) is 67.2 Å². The van der Waals surface area contributed by atoms with E-state index in [0.717, 1.165) is 166 Å². The number of carbonyl (C=O) groups is 1. The Bertz CT molecular complexity index is 6580.